The summed E-state index contributed by atoms with van der Waals surface area (Å²) < 4.78 is 0. The summed E-state index contributed by atoms with van der Waals surface area (Å²) in [5.74, 6) is 1.85. The molecule has 96 valence electrons. The molecule has 2 heterocycles. The molecule has 0 amide bonds. The molecule has 0 aromatic rings. The summed E-state index contributed by atoms with van der Waals surface area (Å²) in [4.78, 5) is 9.33. The molecule has 2 aliphatic rings. The summed E-state index contributed by atoms with van der Waals surface area (Å²) in [7, 11) is 2.04. The molecular formula is C13H24N4. The average molecular weight is 236 g/mol. The van der Waals surface area contributed by atoms with Gasteiger partial charge in [0.25, 0.3) is 0 Å². The summed E-state index contributed by atoms with van der Waals surface area (Å²) >= 11 is 0. The van der Waals surface area contributed by atoms with Crippen LogP contribution >= 0.6 is 0 Å². The first-order chi connectivity index (χ1) is 8.19. The number of hydrogen-bond acceptors (Lipinski definition) is 4. The Labute approximate surface area is 104 Å². The molecule has 1 atom stereocenters. The second-order valence-corrected chi connectivity index (χ2v) is 5.36. The Morgan fingerprint density at radius 3 is 2.88 bits per heavy atom. The van der Waals surface area contributed by atoms with E-state index in [9.17, 15) is 0 Å². The molecule has 1 fully saturated rings. The molecule has 4 nitrogen and oxygen atoms in total. The van der Waals surface area contributed by atoms with Gasteiger partial charge in [-0.25, -0.2) is 4.99 Å². The first-order valence-electron chi connectivity index (χ1n) is 6.58. The molecule has 0 unspecified atom stereocenters. The van der Waals surface area contributed by atoms with Crippen molar-refractivity contribution in [1.29, 1.82) is 0 Å². The number of nitrogens with zero attached hydrogens (tertiary/aromatic N) is 3. The van der Waals surface area contributed by atoms with Crippen molar-refractivity contribution in [1.82, 2.24) is 15.1 Å². The fourth-order valence-corrected chi connectivity index (χ4v) is 2.43. The van der Waals surface area contributed by atoms with Crippen LogP contribution in [0.2, 0.25) is 0 Å². The minimum Gasteiger partial charge on any atom is -0.358 e. The average Bonchev–Trinajstić information content (AvgIpc) is 2.78. The Morgan fingerprint density at radius 1 is 1.53 bits per heavy atom. The van der Waals surface area contributed by atoms with Crippen molar-refractivity contribution < 1.29 is 0 Å². The van der Waals surface area contributed by atoms with Crippen molar-refractivity contribution in [2.24, 2.45) is 10.9 Å². The predicted octanol–water partition coefficient (Wildman–Crippen LogP) is 1.12. The first kappa shape index (κ1) is 12.4. The highest BCUT2D eigenvalue weighted by atomic mass is 15.3. The Morgan fingerprint density at radius 2 is 2.35 bits per heavy atom. The number of likely N-dealkylation sites (N-methyl/N-ethyl adjacent to an activating group) is 1. The van der Waals surface area contributed by atoms with E-state index in [2.05, 4.69) is 46.2 Å². The normalized spacial score (nSPS) is 24.7. The third kappa shape index (κ3) is 3.22. The summed E-state index contributed by atoms with van der Waals surface area (Å²) in [6.45, 7) is 8.59. The van der Waals surface area contributed by atoms with Gasteiger partial charge in [-0.2, -0.15) is 0 Å². The molecule has 1 saturated heterocycles. The van der Waals surface area contributed by atoms with E-state index >= 15 is 0 Å². The molecule has 2 rings (SSSR count). The molecule has 17 heavy (non-hydrogen) atoms. The lowest BCUT2D eigenvalue weighted by molar-refractivity contribution is 0.332. The zero-order chi connectivity index (χ0) is 12.3. The summed E-state index contributed by atoms with van der Waals surface area (Å²) in [6, 6.07) is 0.625. The Kier molecular flexibility index (Phi) is 4.05. The highest BCUT2D eigenvalue weighted by molar-refractivity contribution is 5.93. The van der Waals surface area contributed by atoms with Gasteiger partial charge in [0.2, 0.25) is 0 Å². The van der Waals surface area contributed by atoms with Crippen LogP contribution in [0.3, 0.4) is 0 Å². The monoisotopic (exact) mass is 236 g/mol. The summed E-state index contributed by atoms with van der Waals surface area (Å²) in [5, 5.41) is 3.34. The molecule has 4 heteroatoms. The zero-order valence-electron chi connectivity index (χ0n) is 11.2. The van der Waals surface area contributed by atoms with Gasteiger partial charge in [0.05, 0.1) is 0 Å². The van der Waals surface area contributed by atoms with Crippen molar-refractivity contribution in [3.05, 3.63) is 12.3 Å². The molecule has 0 spiro atoms. The van der Waals surface area contributed by atoms with Crippen molar-refractivity contribution in [3.63, 3.8) is 0 Å². The topological polar surface area (TPSA) is 30.9 Å². The number of aliphatic imine (C=N–C) groups is 1. The van der Waals surface area contributed by atoms with Crippen LogP contribution in [0, 0.1) is 5.92 Å². The molecule has 0 aromatic carbocycles. The van der Waals surface area contributed by atoms with Gasteiger partial charge in [0.1, 0.15) is 12.5 Å². The SMILES string of the molecule is CN[C@H]1CCN(C2=NCN(CC(C)C)C=C2)C1. The highest BCUT2D eigenvalue weighted by Gasteiger charge is 2.23. The third-order valence-electron chi connectivity index (χ3n) is 3.37. The van der Waals surface area contributed by atoms with E-state index in [0.717, 1.165) is 32.1 Å². The van der Waals surface area contributed by atoms with Gasteiger partial charge < -0.3 is 15.1 Å². The molecule has 0 aromatic heterocycles. The van der Waals surface area contributed by atoms with Crippen LogP contribution < -0.4 is 5.32 Å². The van der Waals surface area contributed by atoms with Crippen molar-refractivity contribution >= 4 is 5.84 Å². The van der Waals surface area contributed by atoms with Gasteiger partial charge in [-0.3, -0.25) is 0 Å². The van der Waals surface area contributed by atoms with E-state index in [4.69, 9.17) is 0 Å². The third-order valence-corrected chi connectivity index (χ3v) is 3.37. The van der Waals surface area contributed by atoms with E-state index < -0.39 is 0 Å². The number of amidine groups is 1. The predicted molar refractivity (Wildman–Crippen MR) is 72.0 cm³/mol. The molecule has 0 radical (unpaired) electrons. The van der Waals surface area contributed by atoms with Gasteiger partial charge in [0, 0.05) is 31.9 Å². The second-order valence-electron chi connectivity index (χ2n) is 5.36. The maximum atomic E-state index is 4.67. The highest BCUT2D eigenvalue weighted by Crippen LogP contribution is 2.13. The van der Waals surface area contributed by atoms with Gasteiger partial charge in [-0.15, -0.1) is 0 Å². The fourth-order valence-electron chi connectivity index (χ4n) is 2.43. The summed E-state index contributed by atoms with van der Waals surface area (Å²) in [5.41, 5.74) is 0. The Hall–Kier alpha value is -1.03. The summed E-state index contributed by atoms with van der Waals surface area (Å²) in [6.07, 6.45) is 5.57. The van der Waals surface area contributed by atoms with Crippen LogP contribution in [0.25, 0.3) is 0 Å². The molecular weight excluding hydrogens is 212 g/mol. The van der Waals surface area contributed by atoms with Crippen LogP contribution in [-0.4, -0.2) is 55.0 Å². The van der Waals surface area contributed by atoms with Gasteiger partial charge >= 0.3 is 0 Å². The van der Waals surface area contributed by atoms with Crippen LogP contribution in [0.15, 0.2) is 17.3 Å². The molecule has 0 saturated carbocycles. The lowest BCUT2D eigenvalue weighted by Gasteiger charge is -2.27. The number of likely N-dealkylation sites (tertiary alicyclic amines) is 1. The first-order valence-corrected chi connectivity index (χ1v) is 6.58. The maximum absolute atomic E-state index is 4.67. The Balaban J connectivity index is 1.85. The zero-order valence-corrected chi connectivity index (χ0v) is 11.2. The van der Waals surface area contributed by atoms with E-state index in [1.807, 2.05) is 7.05 Å². The van der Waals surface area contributed by atoms with Crippen LogP contribution in [0.1, 0.15) is 20.3 Å². The molecule has 0 bridgehead atoms. The molecule has 0 aliphatic carbocycles. The quantitative estimate of drug-likeness (QED) is 0.797. The van der Waals surface area contributed by atoms with Crippen molar-refractivity contribution in [2.75, 3.05) is 33.4 Å². The van der Waals surface area contributed by atoms with E-state index in [1.54, 1.807) is 0 Å². The minimum absolute atomic E-state index is 0.625. The van der Waals surface area contributed by atoms with Crippen LogP contribution in [0.4, 0.5) is 0 Å². The van der Waals surface area contributed by atoms with E-state index in [1.165, 1.54) is 6.42 Å². The van der Waals surface area contributed by atoms with Crippen molar-refractivity contribution in [3.8, 4) is 0 Å². The second kappa shape index (κ2) is 5.54. The van der Waals surface area contributed by atoms with E-state index in [0.29, 0.717) is 12.0 Å². The fraction of sp³-hybridized carbons (Fsp3) is 0.769. The van der Waals surface area contributed by atoms with Crippen LogP contribution in [0.5, 0.6) is 0 Å². The maximum Gasteiger partial charge on any atom is 0.127 e. The Bertz CT molecular complexity index is 309. The largest absolute Gasteiger partial charge is 0.358 e. The minimum atomic E-state index is 0.625. The van der Waals surface area contributed by atoms with Gasteiger partial charge in [-0.05, 0) is 25.5 Å². The van der Waals surface area contributed by atoms with Crippen molar-refractivity contribution in [2.45, 2.75) is 26.3 Å². The molecule has 1 N–H and O–H groups in total. The van der Waals surface area contributed by atoms with Gasteiger partial charge in [0.15, 0.2) is 0 Å². The van der Waals surface area contributed by atoms with Crippen LogP contribution in [-0.2, 0) is 0 Å². The number of hydrogen-bond donors (Lipinski definition) is 1. The molecule has 2 aliphatic heterocycles. The number of nitrogens with one attached hydrogen (secondary N) is 1. The van der Waals surface area contributed by atoms with E-state index in [-0.39, 0.29) is 0 Å². The lowest BCUT2D eigenvalue weighted by atomic mass is 10.2. The van der Waals surface area contributed by atoms with Gasteiger partial charge in [-0.1, -0.05) is 13.8 Å². The lowest BCUT2D eigenvalue weighted by Crippen LogP contribution is -2.35. The smallest absolute Gasteiger partial charge is 0.127 e. The number of rotatable bonds is 3. The standard InChI is InChI=1S/C13H24N4/c1-11(2)8-16-6-5-13(15-10-16)17-7-4-12(9-17)14-3/h5-6,11-12,14H,4,7-10H2,1-3H3/t12-/m0/s1.